The van der Waals surface area contributed by atoms with E-state index in [2.05, 4.69) is 10.6 Å². The minimum Gasteiger partial charge on any atom is -0.356 e. The Morgan fingerprint density at radius 2 is 1.86 bits per heavy atom. The van der Waals surface area contributed by atoms with Gasteiger partial charge in [-0.15, -0.1) is 0 Å². The number of hydrogen-bond donors (Lipinski definition) is 2. The molecule has 1 rings (SSSR count). The van der Waals surface area contributed by atoms with Gasteiger partial charge in [-0.1, -0.05) is 25.8 Å². The van der Waals surface area contributed by atoms with E-state index in [1.807, 2.05) is 6.92 Å². The van der Waals surface area contributed by atoms with E-state index in [-0.39, 0.29) is 5.69 Å². The Labute approximate surface area is 127 Å². The quantitative estimate of drug-likeness (QED) is 0.599. The molecule has 1 aromatic carbocycles. The van der Waals surface area contributed by atoms with Gasteiger partial charge in [0.05, 0.1) is 5.56 Å². The second-order valence-electron chi connectivity index (χ2n) is 4.86. The van der Waals surface area contributed by atoms with Gasteiger partial charge in [-0.3, -0.25) is 9.59 Å². The predicted octanol–water partition coefficient (Wildman–Crippen LogP) is 3.34. The van der Waals surface area contributed by atoms with Crippen molar-refractivity contribution in [2.75, 3.05) is 11.9 Å². The summed E-state index contributed by atoms with van der Waals surface area (Å²) in [7, 11) is 0. The monoisotopic (exact) mass is 316 g/mol. The number of hydrogen-bond acceptors (Lipinski definition) is 2. The summed E-state index contributed by atoms with van der Waals surface area (Å²) in [6, 6.07) is 4.28. The van der Waals surface area contributed by atoms with Gasteiger partial charge in [0, 0.05) is 12.2 Å². The van der Waals surface area contributed by atoms with Crippen LogP contribution in [0.2, 0.25) is 0 Å². The van der Waals surface area contributed by atoms with Gasteiger partial charge in [-0.25, -0.2) is 0 Å². The van der Waals surface area contributed by atoms with E-state index in [4.69, 9.17) is 0 Å². The van der Waals surface area contributed by atoms with Crippen molar-refractivity contribution in [3.05, 3.63) is 29.8 Å². The van der Waals surface area contributed by atoms with Crippen LogP contribution in [0.1, 0.15) is 38.2 Å². The van der Waals surface area contributed by atoms with Crippen molar-refractivity contribution in [3.8, 4) is 0 Å². The molecule has 0 bridgehead atoms. The van der Waals surface area contributed by atoms with Crippen LogP contribution in [-0.4, -0.2) is 18.4 Å². The first-order valence-corrected chi connectivity index (χ1v) is 7.06. The molecule has 0 spiro atoms. The molecule has 0 aliphatic heterocycles. The second-order valence-corrected chi connectivity index (χ2v) is 4.86. The fourth-order valence-corrected chi connectivity index (χ4v) is 1.79. The molecule has 0 radical (unpaired) electrons. The Hall–Kier alpha value is -2.05. The number of unbranched alkanes of at least 4 members (excludes halogenated alkanes) is 2. The van der Waals surface area contributed by atoms with Crippen LogP contribution in [0.3, 0.4) is 0 Å². The molecule has 2 amide bonds. The van der Waals surface area contributed by atoms with Crippen molar-refractivity contribution in [3.63, 3.8) is 0 Å². The van der Waals surface area contributed by atoms with Crippen molar-refractivity contribution < 1.29 is 22.8 Å². The van der Waals surface area contributed by atoms with Crippen LogP contribution in [0.15, 0.2) is 24.3 Å². The van der Waals surface area contributed by atoms with Gasteiger partial charge in [0.1, 0.15) is 6.42 Å². The predicted molar refractivity (Wildman–Crippen MR) is 77.2 cm³/mol. The van der Waals surface area contributed by atoms with Crippen LogP contribution in [-0.2, 0) is 15.8 Å². The molecule has 1 aromatic rings. The number of benzene rings is 1. The maximum Gasteiger partial charge on any atom is 0.416 e. The zero-order valence-corrected chi connectivity index (χ0v) is 12.3. The summed E-state index contributed by atoms with van der Waals surface area (Å²) in [6.45, 7) is 2.52. The van der Waals surface area contributed by atoms with E-state index in [9.17, 15) is 22.8 Å². The third kappa shape index (κ3) is 6.60. The van der Waals surface area contributed by atoms with Gasteiger partial charge in [-0.2, -0.15) is 13.2 Å². The van der Waals surface area contributed by atoms with Crippen LogP contribution >= 0.6 is 0 Å². The van der Waals surface area contributed by atoms with Crippen LogP contribution in [0, 0.1) is 0 Å². The number of rotatable bonds is 7. The first-order chi connectivity index (χ1) is 10.3. The minimum atomic E-state index is -4.47. The molecule has 2 N–H and O–H groups in total. The molecule has 22 heavy (non-hydrogen) atoms. The summed E-state index contributed by atoms with van der Waals surface area (Å²) in [5.74, 6) is -1.09. The van der Waals surface area contributed by atoms with Crippen molar-refractivity contribution in [1.29, 1.82) is 0 Å². The Morgan fingerprint density at radius 3 is 2.50 bits per heavy atom. The van der Waals surface area contributed by atoms with Crippen LogP contribution in [0.25, 0.3) is 0 Å². The lowest BCUT2D eigenvalue weighted by molar-refractivity contribution is -0.137. The first-order valence-electron chi connectivity index (χ1n) is 7.06. The molecule has 0 aromatic heterocycles. The fraction of sp³-hybridized carbons (Fsp3) is 0.467. The summed E-state index contributed by atoms with van der Waals surface area (Å²) in [4.78, 5) is 23.1. The van der Waals surface area contributed by atoms with Crippen molar-refractivity contribution in [2.24, 2.45) is 0 Å². The van der Waals surface area contributed by atoms with Crippen LogP contribution in [0.4, 0.5) is 18.9 Å². The largest absolute Gasteiger partial charge is 0.416 e. The van der Waals surface area contributed by atoms with Crippen molar-refractivity contribution in [1.82, 2.24) is 5.32 Å². The summed E-state index contributed by atoms with van der Waals surface area (Å²) < 4.78 is 37.6. The molecule has 0 atom stereocenters. The number of amides is 2. The molecule has 0 unspecified atom stereocenters. The van der Waals surface area contributed by atoms with Crippen molar-refractivity contribution >= 4 is 17.5 Å². The molecule has 122 valence electrons. The van der Waals surface area contributed by atoms with Gasteiger partial charge < -0.3 is 10.6 Å². The highest BCUT2D eigenvalue weighted by molar-refractivity contribution is 6.03. The lowest BCUT2D eigenvalue weighted by atomic mass is 10.2. The number of halogens is 3. The standard InChI is InChI=1S/C15H19F3N2O2/c1-2-3-4-8-19-13(21)10-14(22)20-12-7-5-6-11(9-12)15(16,17)18/h5-7,9H,2-4,8,10H2,1H3,(H,19,21)(H,20,22). The van der Waals surface area contributed by atoms with Gasteiger partial charge in [0.2, 0.25) is 11.8 Å². The number of anilines is 1. The number of alkyl halides is 3. The van der Waals surface area contributed by atoms with Crippen LogP contribution < -0.4 is 10.6 Å². The van der Waals surface area contributed by atoms with Gasteiger partial charge in [0.15, 0.2) is 0 Å². The second kappa shape index (κ2) is 8.41. The summed E-state index contributed by atoms with van der Waals surface area (Å²) >= 11 is 0. The van der Waals surface area contributed by atoms with E-state index in [1.54, 1.807) is 0 Å². The number of nitrogens with one attached hydrogen (secondary N) is 2. The maximum absolute atomic E-state index is 12.5. The summed E-state index contributed by atoms with van der Waals surface area (Å²) in [5, 5.41) is 4.88. The summed E-state index contributed by atoms with van der Waals surface area (Å²) in [5.41, 5.74) is -0.840. The highest BCUT2D eigenvalue weighted by Crippen LogP contribution is 2.30. The molecule has 0 aliphatic rings. The third-order valence-electron chi connectivity index (χ3n) is 2.90. The molecule has 0 saturated carbocycles. The van der Waals surface area contributed by atoms with E-state index in [1.165, 1.54) is 12.1 Å². The Bertz CT molecular complexity index is 516. The highest BCUT2D eigenvalue weighted by atomic mass is 19.4. The molecule has 0 saturated heterocycles. The van der Waals surface area contributed by atoms with Crippen molar-refractivity contribution in [2.45, 2.75) is 38.8 Å². The molecule has 0 aliphatic carbocycles. The first kappa shape index (κ1) is 18.0. The number of carbonyl (C=O) groups is 2. The molecular formula is C15H19F3N2O2. The maximum atomic E-state index is 12.5. The lowest BCUT2D eigenvalue weighted by Crippen LogP contribution is -2.28. The molecular weight excluding hydrogens is 297 g/mol. The highest BCUT2D eigenvalue weighted by Gasteiger charge is 2.30. The zero-order chi connectivity index (χ0) is 16.6. The Kier molecular flexibility index (Phi) is 6.88. The minimum absolute atomic E-state index is 0.0126. The smallest absolute Gasteiger partial charge is 0.356 e. The van der Waals surface area contributed by atoms with Crippen LogP contribution in [0.5, 0.6) is 0 Å². The van der Waals surface area contributed by atoms with Gasteiger partial charge in [-0.05, 0) is 24.6 Å². The van der Waals surface area contributed by atoms with E-state index in [0.29, 0.717) is 6.54 Å². The Morgan fingerprint density at radius 1 is 1.14 bits per heavy atom. The van der Waals surface area contributed by atoms with E-state index in [0.717, 1.165) is 31.4 Å². The average Bonchev–Trinajstić information content (AvgIpc) is 2.43. The fourth-order valence-electron chi connectivity index (χ4n) is 1.79. The average molecular weight is 316 g/mol. The molecule has 0 fully saturated rings. The van der Waals surface area contributed by atoms with E-state index >= 15 is 0 Å². The molecule has 4 nitrogen and oxygen atoms in total. The lowest BCUT2D eigenvalue weighted by Gasteiger charge is -2.10. The Balaban J connectivity index is 2.46. The van der Waals surface area contributed by atoms with Gasteiger partial charge in [0.25, 0.3) is 0 Å². The topological polar surface area (TPSA) is 58.2 Å². The normalized spacial score (nSPS) is 11.1. The third-order valence-corrected chi connectivity index (χ3v) is 2.90. The van der Waals surface area contributed by atoms with E-state index < -0.39 is 30.0 Å². The molecule has 7 heteroatoms. The number of carbonyl (C=O) groups excluding carboxylic acids is 2. The van der Waals surface area contributed by atoms with Gasteiger partial charge >= 0.3 is 6.18 Å². The SMILES string of the molecule is CCCCCNC(=O)CC(=O)Nc1cccc(C(F)(F)F)c1. The summed E-state index contributed by atoms with van der Waals surface area (Å²) in [6.07, 6.45) is -2.06. The zero-order valence-electron chi connectivity index (χ0n) is 12.3. The molecule has 0 heterocycles.